The van der Waals surface area contributed by atoms with E-state index in [1.807, 2.05) is 37.3 Å². The summed E-state index contributed by atoms with van der Waals surface area (Å²) in [5.74, 6) is 0.900. The van der Waals surface area contributed by atoms with Crippen molar-refractivity contribution in [3.05, 3.63) is 53.2 Å². The molecule has 0 spiro atoms. The third-order valence-electron chi connectivity index (χ3n) is 4.71. The number of hydrogen-bond donors (Lipinski definition) is 3. The molecule has 3 rings (SSSR count). The molecule has 29 heavy (non-hydrogen) atoms. The molecule has 7 heteroatoms. The number of allylic oxidation sites excluding steroid dienone is 1. The topological polar surface area (TPSA) is 88.7 Å². The number of amides is 2. The van der Waals surface area contributed by atoms with Crippen LogP contribution in [0.5, 0.6) is 11.5 Å². The van der Waals surface area contributed by atoms with Crippen molar-refractivity contribution in [1.29, 1.82) is 0 Å². The van der Waals surface area contributed by atoms with Gasteiger partial charge in [0.1, 0.15) is 0 Å². The molecule has 0 aliphatic carbocycles. The average Bonchev–Trinajstić information content (AvgIpc) is 3.04. The number of carbonyl (C=O) groups is 2. The summed E-state index contributed by atoms with van der Waals surface area (Å²) in [7, 11) is 3.13. The van der Waals surface area contributed by atoms with Crippen LogP contribution in [-0.2, 0) is 16.1 Å². The van der Waals surface area contributed by atoms with Gasteiger partial charge >= 0.3 is 0 Å². The van der Waals surface area contributed by atoms with Gasteiger partial charge in [-0.25, -0.2) is 0 Å². The maximum absolute atomic E-state index is 12.7. The van der Waals surface area contributed by atoms with Crippen molar-refractivity contribution in [2.75, 3.05) is 24.9 Å². The van der Waals surface area contributed by atoms with Crippen LogP contribution in [0.25, 0.3) is 5.57 Å². The van der Waals surface area contributed by atoms with Crippen molar-refractivity contribution in [1.82, 2.24) is 5.32 Å². The smallest absolute Gasteiger partial charge is 0.258 e. The predicted octanol–water partition coefficient (Wildman–Crippen LogP) is 3.53. The van der Waals surface area contributed by atoms with Gasteiger partial charge in [0.05, 0.1) is 25.5 Å². The highest BCUT2D eigenvalue weighted by Gasteiger charge is 2.29. The van der Waals surface area contributed by atoms with Crippen molar-refractivity contribution in [2.24, 2.45) is 0 Å². The van der Waals surface area contributed by atoms with Crippen LogP contribution in [0.4, 0.5) is 11.4 Å². The van der Waals surface area contributed by atoms with Gasteiger partial charge in [-0.1, -0.05) is 19.1 Å². The van der Waals surface area contributed by atoms with Crippen molar-refractivity contribution >= 4 is 28.8 Å². The molecule has 0 unspecified atom stereocenters. The van der Waals surface area contributed by atoms with Gasteiger partial charge in [-0.05, 0) is 30.2 Å². The molecule has 0 bridgehead atoms. The van der Waals surface area contributed by atoms with Crippen LogP contribution in [0, 0.1) is 0 Å². The molecule has 0 aromatic heterocycles. The number of benzene rings is 2. The van der Waals surface area contributed by atoms with Crippen molar-refractivity contribution in [2.45, 2.75) is 26.8 Å². The first-order chi connectivity index (χ1) is 14.0. The van der Waals surface area contributed by atoms with Gasteiger partial charge in [0.2, 0.25) is 5.91 Å². The van der Waals surface area contributed by atoms with E-state index >= 15 is 0 Å². The Morgan fingerprint density at radius 3 is 2.31 bits per heavy atom. The molecule has 7 nitrogen and oxygen atoms in total. The first-order valence-electron chi connectivity index (χ1n) is 9.38. The largest absolute Gasteiger partial charge is 0.493 e. The number of hydrogen-bond acceptors (Lipinski definition) is 5. The Hall–Kier alpha value is -3.48. The second kappa shape index (κ2) is 8.68. The summed E-state index contributed by atoms with van der Waals surface area (Å²) in [6.45, 7) is 3.96. The average molecular weight is 395 g/mol. The molecule has 0 radical (unpaired) electrons. The maximum atomic E-state index is 12.7. The SMILES string of the molecule is CCC(Nc1ccc(CNC(C)=O)cc1)=C1C(=O)Nc2cc(OC)c(OC)cc21. The summed E-state index contributed by atoms with van der Waals surface area (Å²) >= 11 is 0. The summed E-state index contributed by atoms with van der Waals surface area (Å²) < 4.78 is 10.7. The zero-order valence-corrected chi connectivity index (χ0v) is 17.0. The van der Waals surface area contributed by atoms with Gasteiger partial charge in [-0.3, -0.25) is 9.59 Å². The number of carbonyl (C=O) groups excluding carboxylic acids is 2. The molecule has 0 saturated carbocycles. The van der Waals surface area contributed by atoms with Gasteiger partial charge in [-0.2, -0.15) is 0 Å². The van der Waals surface area contributed by atoms with E-state index in [0.717, 1.165) is 22.5 Å². The van der Waals surface area contributed by atoms with Crippen LogP contribution < -0.4 is 25.4 Å². The molecule has 3 N–H and O–H groups in total. The number of ether oxygens (including phenoxy) is 2. The van der Waals surface area contributed by atoms with Crippen molar-refractivity contribution in [3.63, 3.8) is 0 Å². The molecular formula is C22H25N3O4. The fourth-order valence-electron chi connectivity index (χ4n) is 3.23. The Morgan fingerprint density at radius 2 is 1.72 bits per heavy atom. The van der Waals surface area contributed by atoms with Crippen LogP contribution in [-0.4, -0.2) is 26.0 Å². The maximum Gasteiger partial charge on any atom is 0.258 e. The van der Waals surface area contributed by atoms with Gasteiger partial charge in [0.25, 0.3) is 5.91 Å². The van der Waals surface area contributed by atoms with Crippen LogP contribution in [0.15, 0.2) is 42.1 Å². The molecule has 2 amide bonds. The summed E-state index contributed by atoms with van der Waals surface area (Å²) in [5, 5.41) is 9.03. The van der Waals surface area contributed by atoms with E-state index in [2.05, 4.69) is 16.0 Å². The third-order valence-corrected chi connectivity index (χ3v) is 4.71. The molecule has 1 aliphatic rings. The van der Waals surface area contributed by atoms with Crippen LogP contribution in [0.3, 0.4) is 0 Å². The zero-order chi connectivity index (χ0) is 21.0. The molecule has 0 atom stereocenters. The van der Waals surface area contributed by atoms with E-state index in [1.165, 1.54) is 6.92 Å². The molecule has 152 valence electrons. The highest BCUT2D eigenvalue weighted by atomic mass is 16.5. The lowest BCUT2D eigenvalue weighted by Crippen LogP contribution is -2.18. The van der Waals surface area contributed by atoms with E-state index < -0.39 is 0 Å². The molecule has 2 aromatic carbocycles. The summed E-state index contributed by atoms with van der Waals surface area (Å²) in [6.07, 6.45) is 0.643. The third kappa shape index (κ3) is 4.34. The molecule has 1 aliphatic heterocycles. The summed E-state index contributed by atoms with van der Waals surface area (Å²) in [6, 6.07) is 11.3. The summed E-state index contributed by atoms with van der Waals surface area (Å²) in [5.41, 5.74) is 4.73. The van der Waals surface area contributed by atoms with E-state index in [1.54, 1.807) is 20.3 Å². The highest BCUT2D eigenvalue weighted by molar-refractivity contribution is 6.32. The Bertz CT molecular complexity index is 965. The fourth-order valence-corrected chi connectivity index (χ4v) is 3.23. The highest BCUT2D eigenvalue weighted by Crippen LogP contribution is 2.42. The molecular weight excluding hydrogens is 370 g/mol. The minimum atomic E-state index is -0.165. The number of nitrogens with one attached hydrogen (secondary N) is 3. The lowest BCUT2D eigenvalue weighted by atomic mass is 10.0. The predicted molar refractivity (Wildman–Crippen MR) is 113 cm³/mol. The number of fused-ring (bicyclic) bond motifs is 1. The van der Waals surface area contributed by atoms with Crippen LogP contribution in [0.2, 0.25) is 0 Å². The van der Waals surface area contributed by atoms with Crippen LogP contribution in [0.1, 0.15) is 31.4 Å². The Kier molecular flexibility index (Phi) is 6.07. The fraction of sp³-hybridized carbons (Fsp3) is 0.273. The minimum Gasteiger partial charge on any atom is -0.493 e. The van der Waals surface area contributed by atoms with Crippen LogP contribution >= 0.6 is 0 Å². The van der Waals surface area contributed by atoms with Crippen molar-refractivity contribution < 1.29 is 19.1 Å². The van der Waals surface area contributed by atoms with Gasteiger partial charge in [0, 0.05) is 36.5 Å². The Morgan fingerprint density at radius 1 is 1.07 bits per heavy atom. The van der Waals surface area contributed by atoms with Gasteiger partial charge in [-0.15, -0.1) is 0 Å². The standard InChI is InChI=1S/C22H25N3O4/c1-5-17(24-15-8-6-14(7-9-15)12-23-13(2)26)21-16-10-19(28-3)20(29-4)11-18(16)25-22(21)27/h6-11,24H,5,12H2,1-4H3,(H,23,26)(H,25,27). The second-order valence-corrected chi connectivity index (χ2v) is 6.65. The Labute approximate surface area is 170 Å². The first-order valence-corrected chi connectivity index (χ1v) is 9.38. The second-order valence-electron chi connectivity index (χ2n) is 6.65. The molecule has 0 fully saturated rings. The Balaban J connectivity index is 1.91. The normalized spacial score (nSPS) is 14.0. The lowest BCUT2D eigenvalue weighted by Gasteiger charge is -2.14. The number of rotatable bonds is 7. The first kappa shape index (κ1) is 20.3. The van der Waals surface area contributed by atoms with E-state index in [9.17, 15) is 9.59 Å². The summed E-state index contributed by atoms with van der Waals surface area (Å²) in [4.78, 5) is 23.7. The monoisotopic (exact) mass is 395 g/mol. The van der Waals surface area contributed by atoms with Gasteiger partial charge < -0.3 is 25.4 Å². The number of methoxy groups -OCH3 is 2. The van der Waals surface area contributed by atoms with E-state index in [4.69, 9.17) is 9.47 Å². The number of anilines is 2. The van der Waals surface area contributed by atoms with Crippen molar-refractivity contribution in [3.8, 4) is 11.5 Å². The molecule has 2 aromatic rings. The minimum absolute atomic E-state index is 0.0665. The quantitative estimate of drug-likeness (QED) is 0.624. The van der Waals surface area contributed by atoms with E-state index in [0.29, 0.717) is 35.7 Å². The molecule has 0 saturated heterocycles. The van der Waals surface area contributed by atoms with Gasteiger partial charge in [0.15, 0.2) is 11.5 Å². The zero-order valence-electron chi connectivity index (χ0n) is 17.0. The van der Waals surface area contributed by atoms with E-state index in [-0.39, 0.29) is 11.8 Å². The lowest BCUT2D eigenvalue weighted by molar-refractivity contribution is -0.119. The molecule has 1 heterocycles.